The summed E-state index contributed by atoms with van der Waals surface area (Å²) in [5, 5.41) is 4.28. The molecule has 2 N–H and O–H groups in total. The normalized spacial score (nSPS) is 15.6. The monoisotopic (exact) mass is 397 g/mol. The molecular formula is C25H23N3O2. The molecule has 2 amide bonds. The number of carbonyl (C=O) groups is 1. The van der Waals surface area contributed by atoms with Crippen LogP contribution < -0.4 is 10.1 Å². The molecule has 1 aromatic heterocycles. The van der Waals surface area contributed by atoms with Crippen LogP contribution in [0.4, 0.5) is 10.5 Å². The van der Waals surface area contributed by atoms with Gasteiger partial charge in [-0.25, -0.2) is 4.79 Å². The minimum Gasteiger partial charge on any atom is -0.497 e. The fraction of sp³-hybridized carbons (Fsp3) is 0.160. The number of rotatable bonds is 3. The lowest BCUT2D eigenvalue weighted by Crippen LogP contribution is -2.43. The van der Waals surface area contributed by atoms with E-state index in [9.17, 15) is 4.79 Å². The summed E-state index contributed by atoms with van der Waals surface area (Å²) in [6, 6.07) is 25.6. The summed E-state index contributed by atoms with van der Waals surface area (Å²) in [4.78, 5) is 18.8. The number of nitrogens with one attached hydrogen (secondary N) is 2. The molecule has 5 heteroatoms. The molecule has 150 valence electrons. The average molecular weight is 397 g/mol. The van der Waals surface area contributed by atoms with Crippen molar-refractivity contribution in [3.8, 4) is 5.75 Å². The van der Waals surface area contributed by atoms with Crippen LogP contribution in [0.1, 0.15) is 22.9 Å². The highest BCUT2D eigenvalue weighted by molar-refractivity contribution is 5.91. The fourth-order valence-corrected chi connectivity index (χ4v) is 4.31. The van der Waals surface area contributed by atoms with Gasteiger partial charge in [-0.05, 0) is 47.9 Å². The number of methoxy groups -OCH3 is 1. The van der Waals surface area contributed by atoms with Crippen molar-refractivity contribution in [1.82, 2.24) is 9.88 Å². The number of H-pyrrole nitrogens is 1. The van der Waals surface area contributed by atoms with Crippen LogP contribution in [0.5, 0.6) is 5.75 Å². The second kappa shape index (κ2) is 7.59. The summed E-state index contributed by atoms with van der Waals surface area (Å²) in [5.41, 5.74) is 5.31. The molecule has 0 spiro atoms. The SMILES string of the molecule is COc1ccc([C@H]2c3[nH]c4ccccc4c3CCN2C(=O)Nc2ccccc2)cc1. The van der Waals surface area contributed by atoms with E-state index in [1.165, 1.54) is 10.9 Å². The molecule has 0 fully saturated rings. The lowest BCUT2D eigenvalue weighted by atomic mass is 9.92. The van der Waals surface area contributed by atoms with Crippen LogP contribution in [0, 0.1) is 0 Å². The van der Waals surface area contributed by atoms with E-state index < -0.39 is 0 Å². The first-order valence-electron chi connectivity index (χ1n) is 10.1. The highest BCUT2D eigenvalue weighted by Gasteiger charge is 2.34. The standard InChI is InChI=1S/C25H23N3O2/c1-30-19-13-11-17(12-14-19)24-23-21(20-9-5-6-10-22(20)27-23)15-16-28(24)25(29)26-18-7-3-2-4-8-18/h2-14,24,27H,15-16H2,1H3,(H,26,29)/t24-/m0/s1. The quantitative estimate of drug-likeness (QED) is 0.489. The number of aromatic amines is 1. The summed E-state index contributed by atoms with van der Waals surface area (Å²) in [7, 11) is 1.66. The molecule has 0 saturated heterocycles. The maximum absolute atomic E-state index is 13.3. The zero-order valence-corrected chi connectivity index (χ0v) is 16.8. The van der Waals surface area contributed by atoms with Gasteiger partial charge >= 0.3 is 6.03 Å². The van der Waals surface area contributed by atoms with E-state index >= 15 is 0 Å². The van der Waals surface area contributed by atoms with Crippen LogP contribution in [0.3, 0.4) is 0 Å². The molecule has 5 rings (SSSR count). The van der Waals surface area contributed by atoms with E-state index in [1.54, 1.807) is 7.11 Å². The Bertz CT molecular complexity index is 1180. The Labute approximate surface area is 175 Å². The minimum atomic E-state index is -0.198. The number of hydrogen-bond donors (Lipinski definition) is 2. The first-order valence-corrected chi connectivity index (χ1v) is 10.1. The number of carbonyl (C=O) groups excluding carboxylic acids is 1. The topological polar surface area (TPSA) is 57.4 Å². The number of nitrogens with zero attached hydrogens (tertiary/aromatic N) is 1. The van der Waals surface area contributed by atoms with Gasteiger partial charge in [-0.1, -0.05) is 48.5 Å². The van der Waals surface area contributed by atoms with E-state index in [0.29, 0.717) is 6.54 Å². The van der Waals surface area contributed by atoms with E-state index in [4.69, 9.17) is 4.74 Å². The molecule has 0 radical (unpaired) electrons. The van der Waals surface area contributed by atoms with E-state index in [1.807, 2.05) is 65.6 Å². The molecule has 2 heterocycles. The maximum Gasteiger partial charge on any atom is 0.322 e. The Morgan fingerprint density at radius 1 is 1.00 bits per heavy atom. The highest BCUT2D eigenvalue weighted by Crippen LogP contribution is 2.39. The van der Waals surface area contributed by atoms with Crippen LogP contribution in [0.15, 0.2) is 78.9 Å². The lowest BCUT2D eigenvalue weighted by Gasteiger charge is -2.36. The molecule has 0 bridgehead atoms. The third kappa shape index (κ3) is 3.18. The van der Waals surface area contributed by atoms with Crippen LogP contribution in [0.25, 0.3) is 10.9 Å². The van der Waals surface area contributed by atoms with Crippen molar-refractivity contribution in [2.45, 2.75) is 12.5 Å². The van der Waals surface area contributed by atoms with Gasteiger partial charge in [0.25, 0.3) is 0 Å². The van der Waals surface area contributed by atoms with Gasteiger partial charge in [-0.3, -0.25) is 0 Å². The fourth-order valence-electron chi connectivity index (χ4n) is 4.31. The average Bonchev–Trinajstić information content (AvgIpc) is 3.18. The molecule has 0 aliphatic carbocycles. The number of urea groups is 1. The van der Waals surface area contributed by atoms with Gasteiger partial charge in [0.2, 0.25) is 0 Å². The summed E-state index contributed by atoms with van der Waals surface area (Å²) < 4.78 is 5.33. The first kappa shape index (κ1) is 18.3. The molecule has 0 unspecified atom stereocenters. The molecule has 1 aliphatic heterocycles. The summed E-state index contributed by atoms with van der Waals surface area (Å²) in [6.07, 6.45) is 0.814. The number of amides is 2. The Balaban J connectivity index is 1.58. The molecule has 1 atom stereocenters. The summed E-state index contributed by atoms with van der Waals surface area (Å²) in [6.45, 7) is 0.643. The Kier molecular flexibility index (Phi) is 4.64. The van der Waals surface area contributed by atoms with Crippen molar-refractivity contribution in [3.05, 3.63) is 95.7 Å². The number of hydrogen-bond acceptors (Lipinski definition) is 2. The number of anilines is 1. The highest BCUT2D eigenvalue weighted by atomic mass is 16.5. The Morgan fingerprint density at radius 2 is 1.73 bits per heavy atom. The molecule has 30 heavy (non-hydrogen) atoms. The minimum absolute atomic E-state index is 0.105. The summed E-state index contributed by atoms with van der Waals surface area (Å²) in [5.74, 6) is 0.798. The van der Waals surface area contributed by atoms with Crippen molar-refractivity contribution in [2.75, 3.05) is 19.0 Å². The first-order chi connectivity index (χ1) is 14.7. The molecule has 5 nitrogen and oxygen atoms in total. The van der Waals surface area contributed by atoms with Gasteiger partial charge < -0.3 is 19.9 Å². The largest absolute Gasteiger partial charge is 0.497 e. The molecular weight excluding hydrogens is 374 g/mol. The number of benzene rings is 3. The number of ether oxygens (including phenoxy) is 1. The van der Waals surface area contributed by atoms with Crippen molar-refractivity contribution in [3.63, 3.8) is 0 Å². The third-order valence-electron chi connectivity index (χ3n) is 5.75. The van der Waals surface area contributed by atoms with Crippen LogP contribution in [-0.4, -0.2) is 29.6 Å². The Morgan fingerprint density at radius 3 is 2.50 bits per heavy atom. The molecule has 0 saturated carbocycles. The predicted molar refractivity (Wildman–Crippen MR) is 119 cm³/mol. The predicted octanol–water partition coefficient (Wildman–Crippen LogP) is 5.36. The van der Waals surface area contributed by atoms with Gasteiger partial charge in [0.1, 0.15) is 5.75 Å². The van der Waals surface area contributed by atoms with Crippen molar-refractivity contribution >= 4 is 22.6 Å². The second-order valence-electron chi connectivity index (χ2n) is 7.48. The number of fused-ring (bicyclic) bond motifs is 3. The summed E-state index contributed by atoms with van der Waals surface area (Å²) >= 11 is 0. The van der Waals surface area contributed by atoms with Gasteiger partial charge in [-0.15, -0.1) is 0 Å². The second-order valence-corrected chi connectivity index (χ2v) is 7.48. The number of aromatic nitrogens is 1. The Hall–Kier alpha value is -3.73. The van der Waals surface area contributed by atoms with Crippen LogP contribution in [0.2, 0.25) is 0 Å². The third-order valence-corrected chi connectivity index (χ3v) is 5.75. The molecule has 4 aromatic rings. The van der Waals surface area contributed by atoms with Crippen molar-refractivity contribution < 1.29 is 9.53 Å². The lowest BCUT2D eigenvalue weighted by molar-refractivity contribution is 0.193. The van der Waals surface area contributed by atoms with Crippen molar-refractivity contribution in [1.29, 1.82) is 0 Å². The smallest absolute Gasteiger partial charge is 0.322 e. The van der Waals surface area contributed by atoms with Crippen LogP contribution in [-0.2, 0) is 6.42 Å². The van der Waals surface area contributed by atoms with E-state index in [-0.39, 0.29) is 12.1 Å². The van der Waals surface area contributed by atoms with E-state index in [2.05, 4.69) is 28.5 Å². The van der Waals surface area contributed by atoms with Gasteiger partial charge in [0.05, 0.1) is 13.2 Å². The van der Waals surface area contributed by atoms with Crippen LogP contribution >= 0.6 is 0 Å². The van der Waals surface area contributed by atoms with Gasteiger partial charge in [-0.2, -0.15) is 0 Å². The van der Waals surface area contributed by atoms with Gasteiger partial charge in [0.15, 0.2) is 0 Å². The molecule has 3 aromatic carbocycles. The maximum atomic E-state index is 13.3. The number of para-hydroxylation sites is 2. The zero-order chi connectivity index (χ0) is 20.5. The van der Waals surface area contributed by atoms with E-state index in [0.717, 1.165) is 34.6 Å². The molecule has 1 aliphatic rings. The zero-order valence-electron chi connectivity index (χ0n) is 16.8. The van der Waals surface area contributed by atoms with Gasteiger partial charge in [0, 0.05) is 28.8 Å². The van der Waals surface area contributed by atoms with Crippen molar-refractivity contribution in [2.24, 2.45) is 0 Å².